The average Bonchev–Trinajstić information content (AvgIpc) is 2.16. The summed E-state index contributed by atoms with van der Waals surface area (Å²) < 4.78 is 5.14. The molecule has 1 aliphatic rings. The summed E-state index contributed by atoms with van der Waals surface area (Å²) in [6.07, 6.45) is -1.04. The third-order valence-electron chi connectivity index (χ3n) is 1.98. The first-order chi connectivity index (χ1) is 6.66. The number of anilines is 1. The van der Waals surface area contributed by atoms with Crippen molar-refractivity contribution in [3.63, 3.8) is 0 Å². The van der Waals surface area contributed by atoms with Crippen LogP contribution in [0, 0.1) is 0 Å². The van der Waals surface area contributed by atoms with E-state index >= 15 is 0 Å². The van der Waals surface area contributed by atoms with Crippen molar-refractivity contribution < 1.29 is 14.6 Å². The molecule has 0 saturated carbocycles. The predicted molar refractivity (Wildman–Crippen MR) is 49.7 cm³/mol. The van der Waals surface area contributed by atoms with Crippen molar-refractivity contribution >= 4 is 11.6 Å². The van der Waals surface area contributed by atoms with Crippen LogP contribution in [0.3, 0.4) is 0 Å². The number of ether oxygens (including phenoxy) is 1. The number of aliphatic hydroxyl groups is 1. The molecule has 1 heterocycles. The van der Waals surface area contributed by atoms with Gasteiger partial charge in [0.2, 0.25) is 0 Å². The lowest BCUT2D eigenvalue weighted by Crippen LogP contribution is -2.25. The molecule has 74 valence electrons. The summed E-state index contributed by atoms with van der Waals surface area (Å²) in [5, 5.41) is 11.7. The molecule has 5 nitrogen and oxygen atoms in total. The number of fused-ring (bicyclic) bond motifs is 1. The zero-order chi connectivity index (χ0) is 10.1. The number of aliphatic hydroxyl groups excluding tert-OH is 1. The summed E-state index contributed by atoms with van der Waals surface area (Å²) >= 11 is 0. The summed E-state index contributed by atoms with van der Waals surface area (Å²) in [4.78, 5) is 11.0. The van der Waals surface area contributed by atoms with Crippen LogP contribution in [0.2, 0.25) is 0 Å². The Balaban J connectivity index is 2.37. The molecule has 1 aromatic carbocycles. The molecule has 4 N–H and O–H groups in total. The molecule has 1 unspecified atom stereocenters. The fourth-order valence-corrected chi connectivity index (χ4v) is 1.28. The summed E-state index contributed by atoms with van der Waals surface area (Å²) in [6.45, 7) is 0.0253. The lowest BCUT2D eigenvalue weighted by molar-refractivity contribution is -0.118. The molecule has 5 heteroatoms. The number of benzene rings is 1. The maximum absolute atomic E-state index is 11.0. The van der Waals surface area contributed by atoms with Crippen LogP contribution in [0.15, 0.2) is 18.2 Å². The molecule has 0 aromatic heterocycles. The van der Waals surface area contributed by atoms with Gasteiger partial charge in [-0.25, -0.2) is 0 Å². The van der Waals surface area contributed by atoms with E-state index in [1.54, 1.807) is 18.2 Å². The van der Waals surface area contributed by atoms with Gasteiger partial charge in [-0.1, -0.05) is 6.07 Å². The Morgan fingerprint density at radius 2 is 2.36 bits per heavy atom. The summed E-state index contributed by atoms with van der Waals surface area (Å²) in [5.41, 5.74) is 6.36. The van der Waals surface area contributed by atoms with Gasteiger partial charge in [0.25, 0.3) is 5.91 Å². The zero-order valence-electron chi connectivity index (χ0n) is 7.36. The fraction of sp³-hybridized carbons (Fsp3) is 0.222. The second-order valence-electron chi connectivity index (χ2n) is 3.04. The third-order valence-corrected chi connectivity index (χ3v) is 1.98. The normalized spacial score (nSPS) is 16.6. The third kappa shape index (κ3) is 1.55. The van der Waals surface area contributed by atoms with Gasteiger partial charge in [0.1, 0.15) is 12.0 Å². The second-order valence-corrected chi connectivity index (χ2v) is 3.04. The van der Waals surface area contributed by atoms with Gasteiger partial charge in [-0.3, -0.25) is 4.79 Å². The number of nitrogens with two attached hydrogens (primary N) is 1. The van der Waals surface area contributed by atoms with Crippen molar-refractivity contribution in [2.75, 3.05) is 11.9 Å². The molecule has 1 atom stereocenters. The lowest BCUT2D eigenvalue weighted by Gasteiger charge is -2.18. The van der Waals surface area contributed by atoms with E-state index in [0.717, 1.165) is 0 Å². The highest BCUT2D eigenvalue weighted by molar-refractivity contribution is 5.95. The van der Waals surface area contributed by atoms with Crippen molar-refractivity contribution in [2.24, 2.45) is 5.73 Å². The Labute approximate surface area is 80.5 Å². The van der Waals surface area contributed by atoms with E-state index in [4.69, 9.17) is 15.6 Å². The van der Waals surface area contributed by atoms with Gasteiger partial charge in [0.05, 0.1) is 5.69 Å². The molecule has 0 aliphatic carbocycles. The van der Waals surface area contributed by atoms with Crippen LogP contribution >= 0.6 is 0 Å². The molecule has 0 fully saturated rings. The minimum atomic E-state index is -1.04. The largest absolute Gasteiger partial charge is 0.482 e. The summed E-state index contributed by atoms with van der Waals surface area (Å²) in [6, 6.07) is 4.91. The Bertz CT molecular complexity index is 376. The molecular weight excluding hydrogens is 184 g/mol. The molecule has 0 spiro atoms. The van der Waals surface area contributed by atoms with E-state index in [9.17, 15) is 4.79 Å². The summed E-state index contributed by atoms with van der Waals surface area (Å²) in [7, 11) is 0. The van der Waals surface area contributed by atoms with E-state index in [0.29, 0.717) is 17.0 Å². The number of carbonyl (C=O) groups is 1. The van der Waals surface area contributed by atoms with Crippen molar-refractivity contribution in [2.45, 2.75) is 6.23 Å². The number of carbonyl (C=O) groups excluding carboxylic acids is 1. The van der Waals surface area contributed by atoms with E-state index in [-0.39, 0.29) is 12.5 Å². The van der Waals surface area contributed by atoms with Gasteiger partial charge in [0.15, 0.2) is 6.61 Å². The van der Waals surface area contributed by atoms with Crippen LogP contribution in [0.1, 0.15) is 11.8 Å². The summed E-state index contributed by atoms with van der Waals surface area (Å²) in [5.74, 6) is 0.384. The molecule has 0 saturated heterocycles. The van der Waals surface area contributed by atoms with E-state index in [1.807, 2.05) is 0 Å². The minimum absolute atomic E-state index is 0.0253. The topological polar surface area (TPSA) is 84.6 Å². The van der Waals surface area contributed by atoms with E-state index in [1.165, 1.54) is 0 Å². The average molecular weight is 194 g/mol. The maximum Gasteiger partial charge on any atom is 0.262 e. The number of amides is 1. The van der Waals surface area contributed by atoms with Gasteiger partial charge in [-0.15, -0.1) is 0 Å². The van der Waals surface area contributed by atoms with Crippen LogP contribution < -0.4 is 15.8 Å². The minimum Gasteiger partial charge on any atom is -0.482 e. The van der Waals surface area contributed by atoms with Crippen molar-refractivity contribution in [3.05, 3.63) is 23.8 Å². The standard InChI is InChI=1S/C9H10N2O3/c10-9(13)5-1-2-7-6(3-5)11-8(12)4-14-7/h1-3,9,13H,4,10H2,(H,11,12). The second kappa shape index (κ2) is 3.28. The lowest BCUT2D eigenvalue weighted by atomic mass is 10.1. The predicted octanol–water partition coefficient (Wildman–Crippen LogP) is -0.0329. The van der Waals surface area contributed by atoms with Gasteiger partial charge in [-0.05, 0) is 17.7 Å². The number of nitrogens with one attached hydrogen (secondary N) is 1. The van der Waals surface area contributed by atoms with Crippen LogP contribution in [-0.2, 0) is 4.79 Å². The SMILES string of the molecule is NC(O)c1ccc2c(c1)NC(=O)CO2. The molecule has 1 aliphatic heterocycles. The zero-order valence-corrected chi connectivity index (χ0v) is 7.36. The molecule has 2 rings (SSSR count). The highest BCUT2D eigenvalue weighted by Crippen LogP contribution is 2.29. The van der Waals surface area contributed by atoms with Gasteiger partial charge >= 0.3 is 0 Å². The first-order valence-electron chi connectivity index (χ1n) is 4.17. The van der Waals surface area contributed by atoms with Gasteiger partial charge in [0, 0.05) is 0 Å². The molecular formula is C9H10N2O3. The highest BCUT2D eigenvalue weighted by Gasteiger charge is 2.16. The van der Waals surface area contributed by atoms with Crippen LogP contribution in [0.5, 0.6) is 5.75 Å². The van der Waals surface area contributed by atoms with Crippen LogP contribution in [-0.4, -0.2) is 17.6 Å². The van der Waals surface area contributed by atoms with Crippen LogP contribution in [0.4, 0.5) is 5.69 Å². The van der Waals surface area contributed by atoms with Crippen molar-refractivity contribution in [3.8, 4) is 5.75 Å². The highest BCUT2D eigenvalue weighted by atomic mass is 16.5. The molecule has 0 radical (unpaired) electrons. The van der Waals surface area contributed by atoms with Crippen LogP contribution in [0.25, 0.3) is 0 Å². The first kappa shape index (κ1) is 8.98. The van der Waals surface area contributed by atoms with E-state index < -0.39 is 6.23 Å². The first-order valence-corrected chi connectivity index (χ1v) is 4.17. The number of hydrogen-bond donors (Lipinski definition) is 3. The van der Waals surface area contributed by atoms with Gasteiger partial charge in [-0.2, -0.15) is 0 Å². The molecule has 1 amide bonds. The number of rotatable bonds is 1. The molecule has 0 bridgehead atoms. The van der Waals surface area contributed by atoms with Crippen molar-refractivity contribution in [1.29, 1.82) is 0 Å². The Hall–Kier alpha value is -1.59. The smallest absolute Gasteiger partial charge is 0.262 e. The fourth-order valence-electron chi connectivity index (χ4n) is 1.28. The molecule has 14 heavy (non-hydrogen) atoms. The Kier molecular flexibility index (Phi) is 2.11. The maximum atomic E-state index is 11.0. The van der Waals surface area contributed by atoms with E-state index in [2.05, 4.69) is 5.32 Å². The Morgan fingerprint density at radius 3 is 3.07 bits per heavy atom. The monoisotopic (exact) mass is 194 g/mol. The number of hydrogen-bond acceptors (Lipinski definition) is 4. The quantitative estimate of drug-likeness (QED) is 0.548. The van der Waals surface area contributed by atoms with Gasteiger partial charge < -0.3 is 20.9 Å². The Morgan fingerprint density at radius 1 is 1.57 bits per heavy atom. The molecule has 1 aromatic rings. The van der Waals surface area contributed by atoms with Crippen molar-refractivity contribution in [1.82, 2.24) is 0 Å².